The number of hydrogen-bond acceptors (Lipinski definition) is 3. The summed E-state index contributed by atoms with van der Waals surface area (Å²) in [6.07, 6.45) is 5.02. The Bertz CT molecular complexity index is 450. The second kappa shape index (κ2) is 6.55. The van der Waals surface area contributed by atoms with Crippen molar-refractivity contribution in [1.82, 2.24) is 4.90 Å². The van der Waals surface area contributed by atoms with Gasteiger partial charge in [-0.2, -0.15) is 0 Å². The van der Waals surface area contributed by atoms with E-state index in [2.05, 4.69) is 11.9 Å². The minimum atomic E-state index is -0.219. The lowest BCUT2D eigenvalue weighted by molar-refractivity contribution is -0.0871. The van der Waals surface area contributed by atoms with Crippen LogP contribution < -0.4 is 4.74 Å². The highest BCUT2D eigenvalue weighted by atomic mass is 35.5. The molecule has 3 rings (SSSR count). The highest BCUT2D eigenvalue weighted by Gasteiger charge is 2.38. The topological polar surface area (TPSA) is 21.7 Å². The van der Waals surface area contributed by atoms with Crippen molar-refractivity contribution in [1.29, 1.82) is 0 Å². The third kappa shape index (κ3) is 3.71. The molecule has 2 heterocycles. The van der Waals surface area contributed by atoms with E-state index in [1.54, 1.807) is 0 Å². The molecule has 2 aliphatic heterocycles. The fourth-order valence-electron chi connectivity index (χ4n) is 3.67. The Kier molecular flexibility index (Phi) is 4.72. The SMILES string of the molecule is CC(OCC1C[C@H]2CC[C@@H](C1)N2C)Oc1ccc(Cl)cc1. The molecule has 0 radical (unpaired) electrons. The first kappa shape index (κ1) is 15.1. The van der Waals surface area contributed by atoms with E-state index in [9.17, 15) is 0 Å². The molecule has 2 fully saturated rings. The highest BCUT2D eigenvalue weighted by molar-refractivity contribution is 6.30. The average molecular weight is 310 g/mol. The molecule has 4 atom stereocenters. The third-order valence-corrected chi connectivity index (χ3v) is 5.13. The zero-order valence-electron chi connectivity index (χ0n) is 12.8. The van der Waals surface area contributed by atoms with Gasteiger partial charge < -0.3 is 14.4 Å². The predicted molar refractivity (Wildman–Crippen MR) is 84.8 cm³/mol. The fraction of sp³-hybridized carbons (Fsp3) is 0.647. The first-order chi connectivity index (χ1) is 10.1. The number of fused-ring (bicyclic) bond motifs is 2. The number of hydrogen-bond donors (Lipinski definition) is 0. The molecule has 21 heavy (non-hydrogen) atoms. The van der Waals surface area contributed by atoms with Crippen LogP contribution in [0.3, 0.4) is 0 Å². The van der Waals surface area contributed by atoms with Crippen LogP contribution in [0.2, 0.25) is 5.02 Å². The molecule has 2 unspecified atom stereocenters. The van der Waals surface area contributed by atoms with Crippen molar-refractivity contribution in [3.8, 4) is 5.75 Å². The molecule has 1 aromatic rings. The van der Waals surface area contributed by atoms with E-state index in [1.165, 1.54) is 25.7 Å². The van der Waals surface area contributed by atoms with Crippen molar-refractivity contribution in [2.45, 2.75) is 51.0 Å². The van der Waals surface area contributed by atoms with Crippen molar-refractivity contribution in [2.24, 2.45) is 5.92 Å². The number of rotatable bonds is 5. The van der Waals surface area contributed by atoms with Gasteiger partial charge in [0.05, 0.1) is 6.61 Å². The maximum atomic E-state index is 5.90. The summed E-state index contributed by atoms with van der Waals surface area (Å²) >= 11 is 5.87. The minimum absolute atomic E-state index is 0.219. The Labute approximate surface area is 132 Å². The van der Waals surface area contributed by atoms with Gasteiger partial charge in [-0.15, -0.1) is 0 Å². The molecule has 1 aromatic carbocycles. The Morgan fingerprint density at radius 2 is 1.81 bits per heavy atom. The normalized spacial score (nSPS) is 30.3. The largest absolute Gasteiger partial charge is 0.465 e. The van der Waals surface area contributed by atoms with Gasteiger partial charge in [-0.05, 0) is 69.8 Å². The van der Waals surface area contributed by atoms with Crippen LogP contribution in [-0.2, 0) is 4.74 Å². The van der Waals surface area contributed by atoms with Crippen LogP contribution in [0, 0.1) is 5.92 Å². The number of nitrogens with zero attached hydrogens (tertiary/aromatic N) is 1. The number of benzene rings is 1. The summed E-state index contributed by atoms with van der Waals surface area (Å²) in [5.74, 6) is 1.48. The molecule has 2 saturated heterocycles. The van der Waals surface area contributed by atoms with E-state index in [0.717, 1.165) is 29.5 Å². The van der Waals surface area contributed by atoms with Crippen molar-refractivity contribution in [2.75, 3.05) is 13.7 Å². The molecule has 0 aliphatic carbocycles. The molecule has 0 saturated carbocycles. The molecule has 116 valence electrons. The van der Waals surface area contributed by atoms with Crippen LogP contribution in [0.25, 0.3) is 0 Å². The lowest BCUT2D eigenvalue weighted by atomic mass is 9.92. The van der Waals surface area contributed by atoms with Crippen LogP contribution >= 0.6 is 11.6 Å². The van der Waals surface area contributed by atoms with Gasteiger partial charge in [0.25, 0.3) is 0 Å². The summed E-state index contributed by atoms with van der Waals surface area (Å²) < 4.78 is 11.7. The van der Waals surface area contributed by atoms with Gasteiger partial charge in [0.2, 0.25) is 0 Å². The van der Waals surface area contributed by atoms with Gasteiger partial charge in [-0.3, -0.25) is 0 Å². The van der Waals surface area contributed by atoms with Crippen LogP contribution in [0.5, 0.6) is 5.75 Å². The zero-order valence-corrected chi connectivity index (χ0v) is 13.6. The molecule has 0 aromatic heterocycles. The standard InChI is InChI=1S/C17H24ClNO2/c1-12(21-17-7-3-14(18)4-8-17)20-11-13-9-15-5-6-16(10-13)19(15)2/h3-4,7-8,12-13,15-16H,5-6,9-11H2,1-2H3/t12?,13?,15-,16+. The second-order valence-electron chi connectivity index (χ2n) is 6.36. The highest BCUT2D eigenvalue weighted by Crippen LogP contribution is 2.37. The van der Waals surface area contributed by atoms with Gasteiger partial charge in [0.15, 0.2) is 6.29 Å². The van der Waals surface area contributed by atoms with Crippen molar-refractivity contribution in [3.63, 3.8) is 0 Å². The molecular weight excluding hydrogens is 286 g/mol. The molecule has 2 bridgehead atoms. The number of ether oxygens (including phenoxy) is 2. The van der Waals surface area contributed by atoms with E-state index in [4.69, 9.17) is 21.1 Å². The lowest BCUT2D eigenvalue weighted by Gasteiger charge is -2.36. The van der Waals surface area contributed by atoms with Gasteiger partial charge in [-0.1, -0.05) is 11.6 Å². The number of piperidine rings is 1. The van der Waals surface area contributed by atoms with Gasteiger partial charge in [-0.25, -0.2) is 0 Å². The Morgan fingerprint density at radius 3 is 2.43 bits per heavy atom. The molecular formula is C17H24ClNO2. The van der Waals surface area contributed by atoms with Gasteiger partial charge >= 0.3 is 0 Å². The van der Waals surface area contributed by atoms with Crippen molar-refractivity contribution < 1.29 is 9.47 Å². The van der Waals surface area contributed by atoms with Gasteiger partial charge in [0.1, 0.15) is 5.75 Å². The summed E-state index contributed by atoms with van der Waals surface area (Å²) in [6.45, 7) is 2.76. The fourth-order valence-corrected chi connectivity index (χ4v) is 3.80. The molecule has 3 nitrogen and oxygen atoms in total. The van der Waals surface area contributed by atoms with Crippen LogP contribution in [0.15, 0.2) is 24.3 Å². The Balaban J connectivity index is 1.44. The smallest absolute Gasteiger partial charge is 0.196 e. The van der Waals surface area contributed by atoms with Crippen LogP contribution in [0.1, 0.15) is 32.6 Å². The average Bonchev–Trinajstić information content (AvgIpc) is 2.70. The summed E-state index contributed by atoms with van der Waals surface area (Å²) in [7, 11) is 2.27. The minimum Gasteiger partial charge on any atom is -0.465 e. The summed E-state index contributed by atoms with van der Waals surface area (Å²) in [5, 5.41) is 0.720. The summed E-state index contributed by atoms with van der Waals surface area (Å²) in [6, 6.07) is 8.95. The van der Waals surface area contributed by atoms with Crippen molar-refractivity contribution in [3.05, 3.63) is 29.3 Å². The first-order valence-electron chi connectivity index (χ1n) is 7.87. The van der Waals surface area contributed by atoms with Crippen LogP contribution in [-0.4, -0.2) is 36.9 Å². The molecule has 0 spiro atoms. The van der Waals surface area contributed by atoms with Crippen LogP contribution in [0.4, 0.5) is 0 Å². The predicted octanol–water partition coefficient (Wildman–Crippen LogP) is 3.95. The maximum Gasteiger partial charge on any atom is 0.196 e. The van der Waals surface area contributed by atoms with Gasteiger partial charge in [0, 0.05) is 17.1 Å². The van der Waals surface area contributed by atoms with E-state index < -0.39 is 0 Å². The summed E-state index contributed by atoms with van der Waals surface area (Å²) in [5.41, 5.74) is 0. The monoisotopic (exact) mass is 309 g/mol. The third-order valence-electron chi connectivity index (χ3n) is 4.88. The Morgan fingerprint density at radius 1 is 1.19 bits per heavy atom. The Hall–Kier alpha value is -0.770. The number of halogens is 1. The van der Waals surface area contributed by atoms with E-state index in [1.807, 2.05) is 31.2 Å². The second-order valence-corrected chi connectivity index (χ2v) is 6.80. The summed E-state index contributed by atoms with van der Waals surface area (Å²) in [4.78, 5) is 2.56. The molecule has 2 aliphatic rings. The van der Waals surface area contributed by atoms with E-state index in [-0.39, 0.29) is 6.29 Å². The van der Waals surface area contributed by atoms with Crippen molar-refractivity contribution >= 4 is 11.6 Å². The molecule has 0 amide bonds. The van der Waals surface area contributed by atoms with E-state index in [0.29, 0.717) is 5.92 Å². The maximum absolute atomic E-state index is 5.90. The quantitative estimate of drug-likeness (QED) is 0.769. The lowest BCUT2D eigenvalue weighted by Crippen LogP contribution is -2.41. The van der Waals surface area contributed by atoms with E-state index >= 15 is 0 Å². The first-order valence-corrected chi connectivity index (χ1v) is 8.25. The zero-order chi connectivity index (χ0) is 14.8. The molecule has 0 N–H and O–H groups in total. The molecule has 4 heteroatoms.